The zero-order valence-electron chi connectivity index (χ0n) is 12.3. The van der Waals surface area contributed by atoms with Crippen LogP contribution < -0.4 is 15.0 Å². The molecule has 1 heterocycles. The highest BCUT2D eigenvalue weighted by atomic mass is 16.5. The smallest absolute Gasteiger partial charge is 0.323 e. The lowest BCUT2D eigenvalue weighted by Crippen LogP contribution is -2.32. The molecule has 8 nitrogen and oxygen atoms in total. The average Bonchev–Trinajstić information content (AvgIpc) is 2.44. The zero-order valence-corrected chi connectivity index (χ0v) is 12.3. The van der Waals surface area contributed by atoms with Crippen molar-refractivity contribution in [2.24, 2.45) is 0 Å². The summed E-state index contributed by atoms with van der Waals surface area (Å²) >= 11 is 0. The highest BCUT2D eigenvalue weighted by molar-refractivity contribution is 5.38. The number of nitrogens with zero attached hydrogens (tertiary/aromatic N) is 4. The maximum atomic E-state index is 9.14. The van der Waals surface area contributed by atoms with Gasteiger partial charge in [-0.2, -0.15) is 15.0 Å². The predicted octanol–water partition coefficient (Wildman–Crippen LogP) is 0.147. The van der Waals surface area contributed by atoms with Gasteiger partial charge in [0.1, 0.15) is 0 Å². The first-order chi connectivity index (χ1) is 9.74. The fourth-order valence-electron chi connectivity index (χ4n) is 1.55. The van der Waals surface area contributed by atoms with Crippen LogP contribution in [0.4, 0.5) is 11.9 Å². The van der Waals surface area contributed by atoms with Crippen molar-refractivity contribution in [1.82, 2.24) is 15.0 Å². The number of aliphatic hydroxyl groups excluding tert-OH is 1. The van der Waals surface area contributed by atoms with E-state index in [1.165, 1.54) is 0 Å². The molecule has 0 saturated heterocycles. The van der Waals surface area contributed by atoms with Crippen molar-refractivity contribution in [1.29, 1.82) is 0 Å². The molecular formula is C12H23N5O3. The van der Waals surface area contributed by atoms with Gasteiger partial charge in [-0.1, -0.05) is 0 Å². The van der Waals surface area contributed by atoms with Crippen LogP contribution >= 0.6 is 0 Å². The van der Waals surface area contributed by atoms with Crippen LogP contribution in [-0.2, 0) is 4.74 Å². The molecule has 0 saturated carbocycles. The lowest BCUT2D eigenvalue weighted by Gasteiger charge is -2.21. The Bertz CT molecular complexity index is 367. The summed E-state index contributed by atoms with van der Waals surface area (Å²) in [5, 5.41) is 12.2. The molecule has 0 unspecified atom stereocenters. The van der Waals surface area contributed by atoms with E-state index < -0.39 is 0 Å². The van der Waals surface area contributed by atoms with Crippen molar-refractivity contribution >= 4 is 11.9 Å². The Morgan fingerprint density at radius 3 is 2.60 bits per heavy atom. The van der Waals surface area contributed by atoms with Crippen molar-refractivity contribution in [2.45, 2.75) is 13.8 Å². The molecule has 20 heavy (non-hydrogen) atoms. The molecular weight excluding hydrogens is 262 g/mol. The van der Waals surface area contributed by atoms with Crippen LogP contribution in [0.5, 0.6) is 6.01 Å². The molecule has 0 amide bonds. The predicted molar refractivity (Wildman–Crippen MR) is 76.3 cm³/mol. The van der Waals surface area contributed by atoms with Gasteiger partial charge < -0.3 is 24.8 Å². The number of aliphatic hydroxyl groups is 1. The van der Waals surface area contributed by atoms with Crippen LogP contribution in [0.1, 0.15) is 13.8 Å². The molecule has 114 valence electrons. The monoisotopic (exact) mass is 285 g/mol. The quantitative estimate of drug-likeness (QED) is 0.627. The first-order valence-electron chi connectivity index (χ1n) is 6.72. The second kappa shape index (κ2) is 9.27. The molecule has 2 N–H and O–H groups in total. The summed E-state index contributed by atoms with van der Waals surface area (Å²) < 4.78 is 10.4. The Hall–Kier alpha value is -1.67. The fraction of sp³-hybridized carbons (Fsp3) is 0.750. The van der Waals surface area contributed by atoms with Gasteiger partial charge in [0.15, 0.2) is 0 Å². The molecule has 0 atom stereocenters. The van der Waals surface area contributed by atoms with Crippen LogP contribution in [0.15, 0.2) is 0 Å². The van der Waals surface area contributed by atoms with Crippen LogP contribution in [0.3, 0.4) is 0 Å². The van der Waals surface area contributed by atoms with Gasteiger partial charge in [0.05, 0.1) is 19.8 Å². The topological polar surface area (TPSA) is 92.6 Å². The first-order valence-corrected chi connectivity index (χ1v) is 6.72. The second-order valence-electron chi connectivity index (χ2n) is 3.91. The Kier molecular flexibility index (Phi) is 7.59. The van der Waals surface area contributed by atoms with Gasteiger partial charge in [-0.15, -0.1) is 0 Å². The van der Waals surface area contributed by atoms with Gasteiger partial charge in [0.25, 0.3) is 0 Å². The summed E-state index contributed by atoms with van der Waals surface area (Å²) in [7, 11) is 1.63. The largest absolute Gasteiger partial charge is 0.464 e. The first kappa shape index (κ1) is 16.4. The molecule has 1 aromatic heterocycles. The number of anilines is 2. The van der Waals surface area contributed by atoms with Crippen molar-refractivity contribution < 1.29 is 14.6 Å². The number of hydrogen-bond acceptors (Lipinski definition) is 8. The van der Waals surface area contributed by atoms with E-state index in [9.17, 15) is 0 Å². The van der Waals surface area contributed by atoms with Gasteiger partial charge in [0, 0.05) is 26.7 Å². The normalized spacial score (nSPS) is 10.4. The van der Waals surface area contributed by atoms with Crippen LogP contribution in [-0.4, -0.2) is 66.6 Å². The van der Waals surface area contributed by atoms with Crippen molar-refractivity contribution in [3.05, 3.63) is 0 Å². The minimum absolute atomic E-state index is 0.00983. The second-order valence-corrected chi connectivity index (χ2v) is 3.91. The number of rotatable bonds is 10. The summed E-state index contributed by atoms with van der Waals surface area (Å²) in [5.74, 6) is 0.923. The molecule has 1 rings (SSSR count). The van der Waals surface area contributed by atoms with E-state index in [4.69, 9.17) is 14.6 Å². The maximum absolute atomic E-state index is 9.14. The molecule has 0 aliphatic heterocycles. The van der Waals surface area contributed by atoms with E-state index in [0.717, 1.165) is 0 Å². The molecule has 0 radical (unpaired) electrons. The Labute approximate surface area is 119 Å². The SMILES string of the molecule is CCNc1nc(OCC)nc(N(CCO)CCOC)n1. The number of aromatic nitrogens is 3. The van der Waals surface area contributed by atoms with Crippen molar-refractivity contribution in [2.75, 3.05) is 56.8 Å². The molecule has 0 spiro atoms. The highest BCUT2D eigenvalue weighted by Crippen LogP contribution is 2.14. The van der Waals surface area contributed by atoms with E-state index in [0.29, 0.717) is 44.7 Å². The average molecular weight is 285 g/mol. The van der Waals surface area contributed by atoms with Crippen molar-refractivity contribution in [3.8, 4) is 6.01 Å². The third kappa shape index (κ3) is 5.14. The highest BCUT2D eigenvalue weighted by Gasteiger charge is 2.13. The number of nitrogens with one attached hydrogen (secondary N) is 1. The third-order valence-electron chi connectivity index (χ3n) is 2.43. The summed E-state index contributed by atoms with van der Waals surface area (Å²) in [6.45, 7) is 6.54. The Morgan fingerprint density at radius 2 is 2.00 bits per heavy atom. The molecule has 0 aromatic carbocycles. The van der Waals surface area contributed by atoms with Gasteiger partial charge in [-0.05, 0) is 13.8 Å². The van der Waals surface area contributed by atoms with Crippen LogP contribution in [0.2, 0.25) is 0 Å². The lowest BCUT2D eigenvalue weighted by molar-refractivity contribution is 0.202. The van der Waals surface area contributed by atoms with Crippen LogP contribution in [0.25, 0.3) is 0 Å². The maximum Gasteiger partial charge on any atom is 0.323 e. The fourth-order valence-corrected chi connectivity index (χ4v) is 1.55. The number of ether oxygens (including phenoxy) is 2. The summed E-state index contributed by atoms with van der Waals surface area (Å²) in [4.78, 5) is 14.6. The number of hydrogen-bond donors (Lipinski definition) is 2. The summed E-state index contributed by atoms with van der Waals surface area (Å²) in [5.41, 5.74) is 0. The van der Waals surface area contributed by atoms with Gasteiger partial charge >= 0.3 is 6.01 Å². The minimum atomic E-state index is 0.00983. The van der Waals surface area contributed by atoms with Gasteiger partial charge in [-0.3, -0.25) is 0 Å². The van der Waals surface area contributed by atoms with E-state index in [1.54, 1.807) is 7.11 Å². The molecule has 0 bridgehead atoms. The van der Waals surface area contributed by atoms with E-state index in [1.807, 2.05) is 18.7 Å². The summed E-state index contributed by atoms with van der Waals surface area (Å²) in [6.07, 6.45) is 0. The van der Waals surface area contributed by atoms with Gasteiger partial charge in [0.2, 0.25) is 11.9 Å². The molecule has 0 aliphatic rings. The number of methoxy groups -OCH3 is 1. The molecule has 0 fully saturated rings. The lowest BCUT2D eigenvalue weighted by atomic mass is 10.5. The minimum Gasteiger partial charge on any atom is -0.464 e. The van der Waals surface area contributed by atoms with E-state index in [2.05, 4.69) is 20.3 Å². The van der Waals surface area contributed by atoms with Gasteiger partial charge in [-0.25, -0.2) is 0 Å². The van der Waals surface area contributed by atoms with E-state index in [-0.39, 0.29) is 12.6 Å². The van der Waals surface area contributed by atoms with Crippen molar-refractivity contribution in [3.63, 3.8) is 0 Å². The Morgan fingerprint density at radius 1 is 1.20 bits per heavy atom. The molecule has 0 aliphatic carbocycles. The van der Waals surface area contributed by atoms with Crippen LogP contribution in [0, 0.1) is 0 Å². The molecule has 8 heteroatoms. The molecule has 1 aromatic rings. The third-order valence-corrected chi connectivity index (χ3v) is 2.43. The summed E-state index contributed by atoms with van der Waals surface area (Å²) in [6, 6.07) is 0.272. The standard InChI is InChI=1S/C12H23N5O3/c1-4-13-10-14-11(16-12(15-10)20-5-2)17(6-8-18)7-9-19-3/h18H,4-9H2,1-3H3,(H,13,14,15,16). The zero-order chi connectivity index (χ0) is 14.8. The van der Waals surface area contributed by atoms with E-state index >= 15 is 0 Å². The Balaban J connectivity index is 2.97.